The normalized spacial score (nSPS) is 12.7. The molecular weight excluding hydrogens is 478 g/mol. The molecule has 0 unspecified atom stereocenters. The Labute approximate surface area is 194 Å². The van der Waals surface area contributed by atoms with E-state index in [4.69, 9.17) is 25.8 Å². The second-order valence-corrected chi connectivity index (χ2v) is 9.42. The van der Waals surface area contributed by atoms with Gasteiger partial charge >= 0.3 is 12.0 Å². The van der Waals surface area contributed by atoms with Gasteiger partial charge in [0.15, 0.2) is 18.1 Å². The van der Waals surface area contributed by atoms with Crippen LogP contribution in [0.2, 0.25) is 5.02 Å². The highest BCUT2D eigenvalue weighted by Gasteiger charge is 2.22. The minimum Gasteiger partial charge on any atom is -0.486 e. The lowest BCUT2D eigenvalue weighted by Gasteiger charge is -2.19. The Morgan fingerprint density at radius 3 is 2.45 bits per heavy atom. The van der Waals surface area contributed by atoms with Crippen molar-refractivity contribution in [3.05, 3.63) is 47.0 Å². The minimum absolute atomic E-state index is 0.0607. The van der Waals surface area contributed by atoms with Crippen LogP contribution >= 0.6 is 11.6 Å². The summed E-state index contributed by atoms with van der Waals surface area (Å²) < 4.78 is 41.1. The van der Waals surface area contributed by atoms with E-state index in [1.165, 1.54) is 32.3 Å². The number of urea groups is 1. The SMILES string of the molecule is CN(C)S(=O)(=O)c1ccc(Cl)c(C(=O)OCC(=O)NC(=O)Nc2ccc3c(c2)OCCO3)c1. The van der Waals surface area contributed by atoms with Gasteiger partial charge in [-0.1, -0.05) is 11.6 Å². The molecule has 3 rings (SSSR count). The second-order valence-electron chi connectivity index (χ2n) is 6.87. The van der Waals surface area contributed by atoms with Gasteiger partial charge in [-0.2, -0.15) is 0 Å². The Morgan fingerprint density at radius 2 is 1.76 bits per heavy atom. The molecule has 0 atom stereocenters. The predicted molar refractivity (Wildman–Crippen MR) is 117 cm³/mol. The highest BCUT2D eigenvalue weighted by molar-refractivity contribution is 7.89. The molecule has 33 heavy (non-hydrogen) atoms. The van der Waals surface area contributed by atoms with Gasteiger partial charge in [0, 0.05) is 25.8 Å². The number of ether oxygens (including phenoxy) is 3. The first-order valence-electron chi connectivity index (χ1n) is 9.47. The van der Waals surface area contributed by atoms with E-state index in [9.17, 15) is 22.8 Å². The number of carbonyl (C=O) groups excluding carboxylic acids is 3. The molecule has 0 fully saturated rings. The topological polar surface area (TPSA) is 140 Å². The lowest BCUT2D eigenvalue weighted by atomic mass is 10.2. The number of hydrogen-bond acceptors (Lipinski definition) is 8. The van der Waals surface area contributed by atoms with Crippen LogP contribution in [0.15, 0.2) is 41.3 Å². The molecule has 0 saturated heterocycles. The maximum atomic E-state index is 12.3. The Bertz CT molecular complexity index is 1200. The van der Waals surface area contributed by atoms with E-state index in [1.54, 1.807) is 12.1 Å². The van der Waals surface area contributed by atoms with Crippen molar-refractivity contribution in [2.45, 2.75) is 4.90 Å². The first-order chi connectivity index (χ1) is 15.6. The van der Waals surface area contributed by atoms with Crippen LogP contribution in [0.25, 0.3) is 0 Å². The number of benzene rings is 2. The summed E-state index contributed by atoms with van der Waals surface area (Å²) in [5.41, 5.74) is 0.111. The summed E-state index contributed by atoms with van der Waals surface area (Å²) in [7, 11) is -1.14. The van der Waals surface area contributed by atoms with Crippen molar-refractivity contribution in [2.24, 2.45) is 0 Å². The van der Waals surface area contributed by atoms with Crippen molar-refractivity contribution < 1.29 is 37.0 Å². The molecule has 176 valence electrons. The molecule has 11 nitrogen and oxygen atoms in total. The van der Waals surface area contributed by atoms with Crippen LogP contribution in [0.5, 0.6) is 11.5 Å². The molecule has 2 aromatic rings. The predicted octanol–water partition coefficient (Wildman–Crippen LogP) is 1.87. The van der Waals surface area contributed by atoms with E-state index < -0.39 is 34.5 Å². The van der Waals surface area contributed by atoms with Crippen molar-refractivity contribution in [1.29, 1.82) is 0 Å². The number of sulfonamides is 1. The smallest absolute Gasteiger partial charge is 0.340 e. The quantitative estimate of drug-likeness (QED) is 0.576. The van der Waals surface area contributed by atoms with Crippen molar-refractivity contribution in [3.8, 4) is 11.5 Å². The summed E-state index contributed by atoms with van der Waals surface area (Å²) in [6.07, 6.45) is 0. The van der Waals surface area contributed by atoms with Gasteiger partial charge in [0.2, 0.25) is 10.0 Å². The van der Waals surface area contributed by atoms with Crippen LogP contribution < -0.4 is 20.1 Å². The number of fused-ring (bicyclic) bond motifs is 1. The van der Waals surface area contributed by atoms with E-state index in [2.05, 4.69) is 5.32 Å². The lowest BCUT2D eigenvalue weighted by molar-refractivity contribution is -0.123. The van der Waals surface area contributed by atoms with Crippen LogP contribution in [0.4, 0.5) is 10.5 Å². The fourth-order valence-corrected chi connectivity index (χ4v) is 3.81. The van der Waals surface area contributed by atoms with Crippen LogP contribution in [0, 0.1) is 0 Å². The van der Waals surface area contributed by atoms with E-state index in [1.807, 2.05) is 5.32 Å². The molecule has 0 aliphatic carbocycles. The summed E-state index contributed by atoms with van der Waals surface area (Å²) >= 11 is 5.97. The average molecular weight is 498 g/mol. The Hall–Kier alpha value is -3.35. The molecule has 2 aromatic carbocycles. The van der Waals surface area contributed by atoms with E-state index in [0.29, 0.717) is 30.4 Å². The van der Waals surface area contributed by atoms with Crippen LogP contribution in [0.3, 0.4) is 0 Å². The molecule has 13 heteroatoms. The number of rotatable bonds is 6. The van der Waals surface area contributed by atoms with E-state index >= 15 is 0 Å². The number of imide groups is 1. The maximum absolute atomic E-state index is 12.3. The molecule has 1 aliphatic rings. The summed E-state index contributed by atoms with van der Waals surface area (Å²) in [5.74, 6) is -0.948. The number of nitrogens with zero attached hydrogens (tertiary/aromatic N) is 1. The van der Waals surface area contributed by atoms with Gasteiger partial charge in [-0.25, -0.2) is 22.3 Å². The zero-order valence-corrected chi connectivity index (χ0v) is 19.2. The number of nitrogens with one attached hydrogen (secondary N) is 2. The van der Waals surface area contributed by atoms with Gasteiger partial charge in [-0.3, -0.25) is 10.1 Å². The van der Waals surface area contributed by atoms with Crippen molar-refractivity contribution in [1.82, 2.24) is 9.62 Å². The molecule has 0 bridgehead atoms. The third-order valence-corrected chi connectivity index (χ3v) is 6.46. The Morgan fingerprint density at radius 1 is 1.06 bits per heavy atom. The summed E-state index contributed by atoms with van der Waals surface area (Å²) in [6, 6.07) is 7.38. The van der Waals surface area contributed by atoms with Gasteiger partial charge in [-0.15, -0.1) is 0 Å². The standard InChI is InChI=1S/C20H20ClN3O8S/c1-24(2)33(28,29)13-4-5-15(21)14(10-13)19(26)32-11-18(25)23-20(27)22-12-3-6-16-17(9-12)31-8-7-30-16/h3-6,9-10H,7-8,11H2,1-2H3,(H2,22,23,25,27). The van der Waals surface area contributed by atoms with Crippen LogP contribution in [-0.4, -0.2) is 64.5 Å². The maximum Gasteiger partial charge on any atom is 0.340 e. The summed E-state index contributed by atoms with van der Waals surface area (Å²) in [4.78, 5) is 36.2. The number of esters is 1. The van der Waals surface area contributed by atoms with Gasteiger partial charge in [0.05, 0.1) is 15.5 Å². The molecule has 1 heterocycles. The second kappa shape index (κ2) is 10.1. The fraction of sp³-hybridized carbons (Fsp3) is 0.250. The highest BCUT2D eigenvalue weighted by atomic mass is 35.5. The molecular formula is C20H20ClN3O8S. The monoisotopic (exact) mass is 497 g/mol. The molecule has 0 saturated carbocycles. The van der Waals surface area contributed by atoms with Crippen molar-refractivity contribution in [3.63, 3.8) is 0 Å². The van der Waals surface area contributed by atoms with Crippen LogP contribution in [0.1, 0.15) is 10.4 Å². The highest BCUT2D eigenvalue weighted by Crippen LogP contribution is 2.32. The molecule has 2 N–H and O–H groups in total. The minimum atomic E-state index is -3.81. The number of anilines is 1. The first kappa shape index (κ1) is 24.3. The van der Waals surface area contributed by atoms with E-state index in [0.717, 1.165) is 10.4 Å². The molecule has 0 spiro atoms. The largest absolute Gasteiger partial charge is 0.486 e. The van der Waals surface area contributed by atoms with Gasteiger partial charge in [0.1, 0.15) is 13.2 Å². The summed E-state index contributed by atoms with van der Waals surface area (Å²) in [6.45, 7) is 0.00331. The number of carbonyl (C=O) groups is 3. The summed E-state index contributed by atoms with van der Waals surface area (Å²) in [5, 5.41) is 4.39. The fourth-order valence-electron chi connectivity index (χ4n) is 2.69. The Kier molecular flexibility index (Phi) is 7.41. The number of amides is 3. The number of halogens is 1. The average Bonchev–Trinajstić information content (AvgIpc) is 2.77. The zero-order valence-electron chi connectivity index (χ0n) is 17.6. The van der Waals surface area contributed by atoms with Crippen LogP contribution in [-0.2, 0) is 19.6 Å². The Balaban J connectivity index is 1.56. The van der Waals surface area contributed by atoms with Gasteiger partial charge < -0.3 is 19.5 Å². The van der Waals surface area contributed by atoms with Gasteiger partial charge in [-0.05, 0) is 30.3 Å². The molecule has 1 aliphatic heterocycles. The van der Waals surface area contributed by atoms with Crippen molar-refractivity contribution >= 4 is 45.2 Å². The molecule has 3 amide bonds. The third-order valence-electron chi connectivity index (χ3n) is 4.32. The van der Waals surface area contributed by atoms with Crippen molar-refractivity contribution in [2.75, 3.05) is 39.2 Å². The zero-order chi connectivity index (χ0) is 24.2. The third kappa shape index (κ3) is 5.92. The van der Waals surface area contributed by atoms with Gasteiger partial charge in [0.25, 0.3) is 5.91 Å². The first-order valence-corrected chi connectivity index (χ1v) is 11.3. The molecule has 0 aromatic heterocycles. The number of hydrogen-bond donors (Lipinski definition) is 2. The van der Waals surface area contributed by atoms with E-state index in [-0.39, 0.29) is 15.5 Å². The lowest BCUT2D eigenvalue weighted by Crippen LogP contribution is -2.37. The molecule has 0 radical (unpaired) electrons.